The Morgan fingerprint density at radius 1 is 1.48 bits per heavy atom. The number of nitrogens with zero attached hydrogens (tertiary/aromatic N) is 2. The predicted octanol–water partition coefficient (Wildman–Crippen LogP) is 1.86. The van der Waals surface area contributed by atoms with Gasteiger partial charge in [-0.3, -0.25) is 4.90 Å². The summed E-state index contributed by atoms with van der Waals surface area (Å²) in [5.41, 5.74) is 1.14. The van der Waals surface area contributed by atoms with Crippen LogP contribution in [0.3, 0.4) is 0 Å². The maximum absolute atomic E-state index is 6.03. The third-order valence-electron chi connectivity index (χ3n) is 4.31. The third-order valence-corrected chi connectivity index (χ3v) is 4.31. The minimum absolute atomic E-state index is 0.00747. The molecule has 2 aliphatic rings. The lowest BCUT2D eigenvalue weighted by Crippen LogP contribution is -2.65. The summed E-state index contributed by atoms with van der Waals surface area (Å²) in [4.78, 5) is 6.63. The summed E-state index contributed by atoms with van der Waals surface area (Å²) in [5, 5.41) is 0. The zero-order chi connectivity index (χ0) is 14.7. The molecule has 1 atom stereocenters. The molecule has 1 aromatic rings. The Morgan fingerprint density at radius 3 is 3.10 bits per heavy atom. The van der Waals surface area contributed by atoms with E-state index in [1.807, 2.05) is 6.07 Å². The van der Waals surface area contributed by atoms with E-state index < -0.39 is 0 Å². The quantitative estimate of drug-likeness (QED) is 0.829. The van der Waals surface area contributed by atoms with Gasteiger partial charge in [-0.05, 0) is 19.4 Å². The molecule has 1 spiro atoms. The van der Waals surface area contributed by atoms with Gasteiger partial charge in [0.05, 0.1) is 18.8 Å². The number of pyridine rings is 1. The van der Waals surface area contributed by atoms with Crippen molar-refractivity contribution in [2.45, 2.75) is 38.0 Å². The minimum atomic E-state index is 0.00747. The highest BCUT2D eigenvalue weighted by atomic mass is 16.5. The fourth-order valence-electron chi connectivity index (χ4n) is 3.43. The first-order valence-electron chi connectivity index (χ1n) is 7.70. The largest absolute Gasteiger partial charge is 0.481 e. The Balaban J connectivity index is 1.55. The van der Waals surface area contributed by atoms with Gasteiger partial charge in [0.1, 0.15) is 0 Å². The van der Waals surface area contributed by atoms with Crippen LogP contribution in [0.15, 0.2) is 18.3 Å². The van der Waals surface area contributed by atoms with E-state index in [2.05, 4.69) is 22.9 Å². The van der Waals surface area contributed by atoms with Crippen molar-refractivity contribution >= 4 is 0 Å². The number of ether oxygens (including phenoxy) is 3. The number of methoxy groups -OCH3 is 1. The summed E-state index contributed by atoms with van der Waals surface area (Å²) in [6.45, 7) is 6.46. The fraction of sp³-hybridized carbons (Fsp3) is 0.688. The average Bonchev–Trinajstić information content (AvgIpc) is 2.47. The molecule has 2 fully saturated rings. The van der Waals surface area contributed by atoms with Crippen molar-refractivity contribution in [2.24, 2.45) is 0 Å². The van der Waals surface area contributed by atoms with Crippen molar-refractivity contribution in [3.8, 4) is 5.88 Å². The monoisotopic (exact) mass is 292 g/mol. The molecule has 1 aromatic heterocycles. The Hall–Kier alpha value is -1.17. The van der Waals surface area contributed by atoms with Crippen molar-refractivity contribution < 1.29 is 14.2 Å². The van der Waals surface area contributed by atoms with E-state index in [0.29, 0.717) is 6.10 Å². The Bertz CT molecular complexity index is 472. The number of aromatic nitrogens is 1. The van der Waals surface area contributed by atoms with E-state index in [4.69, 9.17) is 14.2 Å². The fourth-order valence-corrected chi connectivity index (χ4v) is 3.43. The molecule has 0 radical (unpaired) electrons. The number of hydrogen-bond acceptors (Lipinski definition) is 5. The summed E-state index contributed by atoms with van der Waals surface area (Å²) in [6, 6.07) is 4.02. The summed E-state index contributed by atoms with van der Waals surface area (Å²) >= 11 is 0. The summed E-state index contributed by atoms with van der Waals surface area (Å²) in [5.74, 6) is 0.718. The van der Waals surface area contributed by atoms with Crippen molar-refractivity contribution in [3.63, 3.8) is 0 Å². The van der Waals surface area contributed by atoms with Gasteiger partial charge < -0.3 is 14.2 Å². The van der Waals surface area contributed by atoms with Crippen LogP contribution in [0.2, 0.25) is 0 Å². The first-order chi connectivity index (χ1) is 10.2. The van der Waals surface area contributed by atoms with Crippen molar-refractivity contribution in [1.29, 1.82) is 0 Å². The number of likely N-dealkylation sites (tertiary alicyclic amines) is 1. The van der Waals surface area contributed by atoms with E-state index >= 15 is 0 Å². The predicted molar refractivity (Wildman–Crippen MR) is 79.4 cm³/mol. The van der Waals surface area contributed by atoms with E-state index in [1.165, 1.54) is 0 Å². The van der Waals surface area contributed by atoms with Crippen molar-refractivity contribution in [1.82, 2.24) is 9.88 Å². The first kappa shape index (κ1) is 14.8. The molecule has 0 bridgehead atoms. The van der Waals surface area contributed by atoms with Gasteiger partial charge >= 0.3 is 0 Å². The maximum atomic E-state index is 6.03. The second-order valence-corrected chi connectivity index (χ2v) is 5.92. The van der Waals surface area contributed by atoms with Crippen LogP contribution in [0.5, 0.6) is 5.88 Å². The molecule has 0 amide bonds. The second kappa shape index (κ2) is 6.30. The molecule has 3 rings (SSSR count). The van der Waals surface area contributed by atoms with E-state index in [1.54, 1.807) is 13.3 Å². The van der Waals surface area contributed by atoms with Crippen molar-refractivity contribution in [3.05, 3.63) is 23.9 Å². The molecular weight excluding hydrogens is 268 g/mol. The third kappa shape index (κ3) is 3.20. The molecule has 116 valence electrons. The Labute approximate surface area is 126 Å². The molecule has 0 unspecified atom stereocenters. The summed E-state index contributed by atoms with van der Waals surface area (Å²) < 4.78 is 17.1. The smallest absolute Gasteiger partial charge is 0.217 e. The highest BCUT2D eigenvalue weighted by Crippen LogP contribution is 2.36. The lowest BCUT2D eigenvalue weighted by atomic mass is 9.84. The second-order valence-electron chi connectivity index (χ2n) is 5.92. The van der Waals surface area contributed by atoms with Crippen LogP contribution in [-0.4, -0.2) is 55.0 Å². The first-order valence-corrected chi connectivity index (χ1v) is 7.70. The van der Waals surface area contributed by atoms with Crippen LogP contribution in [-0.2, 0) is 16.0 Å². The highest BCUT2D eigenvalue weighted by Gasteiger charge is 2.47. The standard InChI is InChI=1S/C16H24N2O3/c1-3-20-14-6-8-21-16(9-14)11-18(12-16)10-13-5-4-7-17-15(13)19-2/h4-5,7,14H,3,6,8-12H2,1-2H3/t14-/m1/s1. The molecule has 2 aliphatic heterocycles. The van der Waals surface area contributed by atoms with E-state index in [9.17, 15) is 0 Å². The molecule has 0 aliphatic carbocycles. The van der Waals surface area contributed by atoms with Gasteiger partial charge in [0.2, 0.25) is 5.88 Å². The molecule has 0 aromatic carbocycles. The van der Waals surface area contributed by atoms with Gasteiger partial charge in [0.15, 0.2) is 0 Å². The van der Waals surface area contributed by atoms with Crippen LogP contribution >= 0.6 is 0 Å². The highest BCUT2D eigenvalue weighted by molar-refractivity contribution is 5.25. The molecule has 21 heavy (non-hydrogen) atoms. The lowest BCUT2D eigenvalue weighted by molar-refractivity contribution is -0.198. The zero-order valence-electron chi connectivity index (χ0n) is 12.9. The average molecular weight is 292 g/mol. The molecule has 3 heterocycles. The molecule has 5 nitrogen and oxygen atoms in total. The van der Waals surface area contributed by atoms with Crippen LogP contribution in [0.25, 0.3) is 0 Å². The van der Waals surface area contributed by atoms with Gasteiger partial charge in [0, 0.05) is 51.0 Å². The van der Waals surface area contributed by atoms with Crippen LogP contribution in [0.1, 0.15) is 25.3 Å². The van der Waals surface area contributed by atoms with Gasteiger partial charge in [-0.15, -0.1) is 0 Å². The maximum Gasteiger partial charge on any atom is 0.217 e. The molecule has 0 N–H and O–H groups in total. The molecular formula is C16H24N2O3. The Kier molecular flexibility index (Phi) is 4.42. The van der Waals surface area contributed by atoms with Gasteiger partial charge in [-0.2, -0.15) is 0 Å². The SMILES string of the molecule is CCO[C@@H]1CCOC2(C1)CN(Cc1cccnc1OC)C2. The van der Waals surface area contributed by atoms with Crippen LogP contribution in [0, 0.1) is 0 Å². The number of rotatable bonds is 5. The van der Waals surface area contributed by atoms with Gasteiger partial charge in [-0.1, -0.05) is 6.07 Å². The molecule has 0 saturated carbocycles. The zero-order valence-corrected chi connectivity index (χ0v) is 12.9. The van der Waals surface area contributed by atoms with Crippen LogP contribution < -0.4 is 4.74 Å². The van der Waals surface area contributed by atoms with E-state index in [0.717, 1.165) is 57.1 Å². The summed E-state index contributed by atoms with van der Waals surface area (Å²) in [7, 11) is 1.67. The van der Waals surface area contributed by atoms with Crippen molar-refractivity contribution in [2.75, 3.05) is 33.4 Å². The van der Waals surface area contributed by atoms with E-state index in [-0.39, 0.29) is 5.60 Å². The number of hydrogen-bond donors (Lipinski definition) is 0. The van der Waals surface area contributed by atoms with Crippen LogP contribution in [0.4, 0.5) is 0 Å². The lowest BCUT2D eigenvalue weighted by Gasteiger charge is -2.53. The molecule has 5 heteroatoms. The van der Waals surface area contributed by atoms with Gasteiger partial charge in [-0.25, -0.2) is 4.98 Å². The van der Waals surface area contributed by atoms with Gasteiger partial charge in [0.25, 0.3) is 0 Å². The normalized spacial score (nSPS) is 24.8. The topological polar surface area (TPSA) is 43.8 Å². The molecule has 2 saturated heterocycles. The summed E-state index contributed by atoms with van der Waals surface area (Å²) in [6.07, 6.45) is 4.16. The minimum Gasteiger partial charge on any atom is -0.481 e. The Morgan fingerprint density at radius 2 is 2.33 bits per heavy atom.